The minimum absolute atomic E-state index is 1.07. The van der Waals surface area contributed by atoms with Crippen molar-refractivity contribution in [3.63, 3.8) is 0 Å². The molecule has 0 saturated carbocycles. The minimum Gasteiger partial charge on any atom is -0.0846 e. The number of unbranched alkanes of at least 4 members (excludes halogenated alkanes) is 4. The van der Waals surface area contributed by atoms with Gasteiger partial charge in [0.05, 0.1) is 0 Å². The third-order valence-electron chi connectivity index (χ3n) is 1.71. The highest BCUT2D eigenvalue weighted by atomic mass is 13.9. The van der Waals surface area contributed by atoms with Crippen LogP contribution in [0.3, 0.4) is 0 Å². The van der Waals surface area contributed by atoms with E-state index in [0.717, 1.165) is 6.42 Å². The first kappa shape index (κ1) is 11.5. The molecule has 0 aromatic carbocycles. The highest BCUT2D eigenvalue weighted by molar-refractivity contribution is 5.01. The highest BCUT2D eigenvalue weighted by Crippen LogP contribution is 1.99. The SMILES string of the molecule is [CH2]CCCCC=CC=CCCC. The second kappa shape index (κ2) is 10.5. The molecule has 0 aromatic rings. The Labute approximate surface area is 77.4 Å². The molecule has 0 N–H and O–H groups in total. The Hall–Kier alpha value is -0.520. The van der Waals surface area contributed by atoms with Crippen molar-refractivity contribution in [2.75, 3.05) is 0 Å². The van der Waals surface area contributed by atoms with Crippen LogP contribution in [0.2, 0.25) is 0 Å². The van der Waals surface area contributed by atoms with Crippen molar-refractivity contribution in [3.05, 3.63) is 31.2 Å². The first-order chi connectivity index (χ1) is 5.91. The fourth-order valence-electron chi connectivity index (χ4n) is 0.955. The van der Waals surface area contributed by atoms with E-state index in [2.05, 4.69) is 38.2 Å². The largest absolute Gasteiger partial charge is 0.0846 e. The molecule has 0 rings (SSSR count). The molecule has 0 aliphatic carbocycles. The van der Waals surface area contributed by atoms with Crippen LogP contribution in [0.15, 0.2) is 24.3 Å². The second-order valence-corrected chi connectivity index (χ2v) is 2.99. The lowest BCUT2D eigenvalue weighted by atomic mass is 10.2. The lowest BCUT2D eigenvalue weighted by Crippen LogP contribution is -1.69. The van der Waals surface area contributed by atoms with Gasteiger partial charge >= 0.3 is 0 Å². The maximum absolute atomic E-state index is 3.81. The summed E-state index contributed by atoms with van der Waals surface area (Å²) in [5, 5.41) is 0. The van der Waals surface area contributed by atoms with Crippen molar-refractivity contribution >= 4 is 0 Å². The van der Waals surface area contributed by atoms with Crippen molar-refractivity contribution < 1.29 is 0 Å². The number of hydrogen-bond acceptors (Lipinski definition) is 0. The average Bonchev–Trinajstić information content (AvgIpc) is 2.10. The van der Waals surface area contributed by atoms with Crippen LogP contribution in [0.4, 0.5) is 0 Å². The maximum atomic E-state index is 3.81. The van der Waals surface area contributed by atoms with Crippen molar-refractivity contribution in [2.24, 2.45) is 0 Å². The molecule has 0 amide bonds. The molecule has 0 heterocycles. The van der Waals surface area contributed by atoms with E-state index in [1.807, 2.05) is 0 Å². The van der Waals surface area contributed by atoms with Crippen LogP contribution in [-0.2, 0) is 0 Å². The monoisotopic (exact) mass is 165 g/mol. The summed E-state index contributed by atoms with van der Waals surface area (Å²) in [5.74, 6) is 0. The van der Waals surface area contributed by atoms with Gasteiger partial charge in [0.1, 0.15) is 0 Å². The zero-order chi connectivity index (χ0) is 9.07. The third-order valence-corrected chi connectivity index (χ3v) is 1.71. The quantitative estimate of drug-likeness (QED) is 0.390. The standard InChI is InChI=1S/C12H21/c1-3-5-7-9-11-12-10-8-6-4-2/h8,10-12H,1,3-7,9H2,2H3. The summed E-state index contributed by atoms with van der Waals surface area (Å²) in [6, 6.07) is 0. The summed E-state index contributed by atoms with van der Waals surface area (Å²) in [6.07, 6.45) is 16.0. The van der Waals surface area contributed by atoms with Crippen LogP contribution in [0.25, 0.3) is 0 Å². The normalized spacial score (nSPS) is 11.8. The van der Waals surface area contributed by atoms with E-state index in [9.17, 15) is 0 Å². The van der Waals surface area contributed by atoms with Crippen molar-refractivity contribution in [2.45, 2.75) is 45.4 Å². The summed E-state index contributed by atoms with van der Waals surface area (Å²) in [7, 11) is 0. The van der Waals surface area contributed by atoms with E-state index in [1.54, 1.807) is 0 Å². The Morgan fingerprint density at radius 3 is 2.25 bits per heavy atom. The highest BCUT2D eigenvalue weighted by Gasteiger charge is 1.79. The van der Waals surface area contributed by atoms with E-state index >= 15 is 0 Å². The van der Waals surface area contributed by atoms with E-state index < -0.39 is 0 Å². The van der Waals surface area contributed by atoms with Crippen LogP contribution in [0.5, 0.6) is 0 Å². The molecule has 0 saturated heterocycles. The zero-order valence-corrected chi connectivity index (χ0v) is 8.26. The summed E-state index contributed by atoms with van der Waals surface area (Å²) in [4.78, 5) is 0. The first-order valence-electron chi connectivity index (χ1n) is 5.02. The van der Waals surface area contributed by atoms with Gasteiger partial charge in [0, 0.05) is 0 Å². The lowest BCUT2D eigenvalue weighted by Gasteiger charge is -1.89. The number of allylic oxidation sites excluding steroid dienone is 4. The van der Waals surface area contributed by atoms with Gasteiger partial charge in [-0.15, -0.1) is 0 Å². The van der Waals surface area contributed by atoms with Gasteiger partial charge in [-0.2, -0.15) is 0 Å². The molecule has 12 heavy (non-hydrogen) atoms. The van der Waals surface area contributed by atoms with Gasteiger partial charge in [0.15, 0.2) is 0 Å². The van der Waals surface area contributed by atoms with Gasteiger partial charge in [0.25, 0.3) is 0 Å². The first-order valence-corrected chi connectivity index (χ1v) is 5.02. The summed E-state index contributed by atoms with van der Waals surface area (Å²) >= 11 is 0. The lowest BCUT2D eigenvalue weighted by molar-refractivity contribution is 0.760. The Morgan fingerprint density at radius 2 is 1.67 bits per heavy atom. The summed E-state index contributed by atoms with van der Waals surface area (Å²) in [5.41, 5.74) is 0. The van der Waals surface area contributed by atoms with E-state index in [-0.39, 0.29) is 0 Å². The Morgan fingerprint density at radius 1 is 1.00 bits per heavy atom. The van der Waals surface area contributed by atoms with Crippen LogP contribution in [-0.4, -0.2) is 0 Å². The maximum Gasteiger partial charge on any atom is -0.0348 e. The zero-order valence-electron chi connectivity index (χ0n) is 8.26. The molecule has 0 aliphatic heterocycles. The summed E-state index contributed by atoms with van der Waals surface area (Å²) in [6.45, 7) is 6.00. The molecule has 0 fully saturated rings. The molecule has 69 valence electrons. The Bertz CT molecular complexity index is 120. The van der Waals surface area contributed by atoms with Gasteiger partial charge in [-0.3, -0.25) is 0 Å². The third kappa shape index (κ3) is 9.48. The van der Waals surface area contributed by atoms with Crippen LogP contribution in [0, 0.1) is 6.92 Å². The number of rotatable bonds is 7. The van der Waals surface area contributed by atoms with Crippen LogP contribution in [0.1, 0.15) is 45.4 Å². The fourth-order valence-corrected chi connectivity index (χ4v) is 0.955. The Kier molecular flexibility index (Phi) is 10.0. The van der Waals surface area contributed by atoms with Gasteiger partial charge in [-0.05, 0) is 19.3 Å². The molecular weight excluding hydrogens is 144 g/mol. The van der Waals surface area contributed by atoms with Crippen LogP contribution < -0.4 is 0 Å². The van der Waals surface area contributed by atoms with Gasteiger partial charge in [-0.25, -0.2) is 0 Å². The molecule has 0 unspecified atom stereocenters. The molecule has 1 radical (unpaired) electrons. The predicted molar refractivity (Wildman–Crippen MR) is 57.0 cm³/mol. The molecule has 0 atom stereocenters. The molecule has 0 aromatic heterocycles. The van der Waals surface area contributed by atoms with Crippen molar-refractivity contribution in [1.82, 2.24) is 0 Å². The van der Waals surface area contributed by atoms with E-state index in [0.29, 0.717) is 0 Å². The molecule has 0 heteroatoms. The van der Waals surface area contributed by atoms with Crippen molar-refractivity contribution in [1.29, 1.82) is 0 Å². The van der Waals surface area contributed by atoms with Crippen LogP contribution >= 0.6 is 0 Å². The fraction of sp³-hybridized carbons (Fsp3) is 0.583. The smallest absolute Gasteiger partial charge is 0.0348 e. The Balaban J connectivity index is 3.13. The molecule has 0 aliphatic rings. The van der Waals surface area contributed by atoms with Gasteiger partial charge < -0.3 is 0 Å². The molecule has 0 nitrogen and oxygen atoms in total. The predicted octanol–water partition coefficient (Wildman–Crippen LogP) is 4.29. The second-order valence-electron chi connectivity index (χ2n) is 2.99. The van der Waals surface area contributed by atoms with Gasteiger partial charge in [0.2, 0.25) is 0 Å². The number of hydrogen-bond donors (Lipinski definition) is 0. The molecule has 0 spiro atoms. The topological polar surface area (TPSA) is 0 Å². The average molecular weight is 165 g/mol. The van der Waals surface area contributed by atoms with E-state index in [4.69, 9.17) is 0 Å². The minimum atomic E-state index is 1.07. The molecule has 0 bridgehead atoms. The van der Waals surface area contributed by atoms with E-state index in [1.165, 1.54) is 32.1 Å². The van der Waals surface area contributed by atoms with Gasteiger partial charge in [-0.1, -0.05) is 57.4 Å². The van der Waals surface area contributed by atoms with Crippen molar-refractivity contribution in [3.8, 4) is 0 Å². The summed E-state index contributed by atoms with van der Waals surface area (Å²) < 4.78 is 0. The molecular formula is C12H21.